The van der Waals surface area contributed by atoms with Crippen molar-refractivity contribution in [2.75, 3.05) is 6.61 Å². The number of hydrogen-bond acceptors (Lipinski definition) is 4. The molecule has 4 rings (SSSR count). The highest BCUT2D eigenvalue weighted by atomic mass is 16.5. The van der Waals surface area contributed by atoms with Crippen molar-refractivity contribution in [1.29, 1.82) is 0 Å². The molecule has 0 spiro atoms. The molecule has 4 heteroatoms. The Balaban J connectivity index is 1.67. The zero-order valence-electron chi connectivity index (χ0n) is 17.3. The highest BCUT2D eigenvalue weighted by Crippen LogP contribution is 2.67. The van der Waals surface area contributed by atoms with Crippen LogP contribution in [0.2, 0.25) is 0 Å². The zero-order chi connectivity index (χ0) is 20.3. The summed E-state index contributed by atoms with van der Waals surface area (Å²) in [6.45, 7) is 7.80. The van der Waals surface area contributed by atoms with E-state index in [1.807, 2.05) is 6.08 Å². The van der Waals surface area contributed by atoms with Gasteiger partial charge in [-0.25, -0.2) is 0 Å². The topological polar surface area (TPSA) is 60.4 Å². The fraction of sp³-hybridized carbons (Fsp3) is 0.625. The highest BCUT2D eigenvalue weighted by molar-refractivity contribution is 6.01. The van der Waals surface area contributed by atoms with Crippen LogP contribution in [0.1, 0.15) is 59.8 Å². The quantitative estimate of drug-likeness (QED) is 0.538. The molecule has 2 fully saturated rings. The maximum atomic E-state index is 13.1. The van der Waals surface area contributed by atoms with Crippen molar-refractivity contribution in [3.8, 4) is 0 Å². The van der Waals surface area contributed by atoms with E-state index in [1.54, 1.807) is 6.08 Å². The van der Waals surface area contributed by atoms with Crippen molar-refractivity contribution in [3.63, 3.8) is 0 Å². The fourth-order valence-corrected chi connectivity index (χ4v) is 6.56. The van der Waals surface area contributed by atoms with Gasteiger partial charge in [-0.05, 0) is 68.4 Å². The molecular formula is C24H30O4. The van der Waals surface area contributed by atoms with Gasteiger partial charge in [-0.1, -0.05) is 37.1 Å². The lowest BCUT2D eigenvalue weighted by Crippen LogP contribution is -2.49. The van der Waals surface area contributed by atoms with Gasteiger partial charge >= 0.3 is 5.97 Å². The van der Waals surface area contributed by atoms with Crippen LogP contribution >= 0.6 is 0 Å². The average Bonchev–Trinajstić information content (AvgIpc) is 2.92. The van der Waals surface area contributed by atoms with Crippen molar-refractivity contribution in [3.05, 3.63) is 35.5 Å². The van der Waals surface area contributed by atoms with Gasteiger partial charge in [-0.3, -0.25) is 14.4 Å². The number of carbonyl (C=O) groups is 3. The minimum absolute atomic E-state index is 0.0512. The van der Waals surface area contributed by atoms with E-state index in [1.165, 1.54) is 18.1 Å². The van der Waals surface area contributed by atoms with Gasteiger partial charge in [0.2, 0.25) is 0 Å². The summed E-state index contributed by atoms with van der Waals surface area (Å²) in [6, 6.07) is 0. The lowest BCUT2D eigenvalue weighted by molar-refractivity contribution is -0.152. The normalized spacial score (nSPS) is 41.4. The van der Waals surface area contributed by atoms with Gasteiger partial charge in [-0.2, -0.15) is 0 Å². The molecule has 0 N–H and O–H groups in total. The summed E-state index contributed by atoms with van der Waals surface area (Å²) in [4.78, 5) is 36.1. The molecule has 28 heavy (non-hydrogen) atoms. The lowest BCUT2D eigenvalue weighted by Gasteiger charge is -2.54. The summed E-state index contributed by atoms with van der Waals surface area (Å²) < 4.78 is 5.06. The number of hydrogen-bond donors (Lipinski definition) is 0. The van der Waals surface area contributed by atoms with E-state index < -0.39 is 11.4 Å². The molecule has 2 unspecified atom stereocenters. The molecule has 2 saturated carbocycles. The van der Waals surface area contributed by atoms with Gasteiger partial charge in [0.15, 0.2) is 18.2 Å². The summed E-state index contributed by atoms with van der Waals surface area (Å²) in [5, 5.41) is 0. The predicted octanol–water partition coefficient (Wildman–Crippen LogP) is 4.35. The van der Waals surface area contributed by atoms with Gasteiger partial charge in [0, 0.05) is 17.8 Å². The lowest BCUT2D eigenvalue weighted by atomic mass is 9.49. The molecule has 4 aliphatic rings. The van der Waals surface area contributed by atoms with Crippen molar-refractivity contribution < 1.29 is 19.1 Å². The second-order valence-electron chi connectivity index (χ2n) is 9.71. The van der Waals surface area contributed by atoms with Crippen molar-refractivity contribution in [1.82, 2.24) is 0 Å². The van der Waals surface area contributed by atoms with E-state index in [0.29, 0.717) is 11.8 Å². The highest BCUT2D eigenvalue weighted by Gasteiger charge is 2.62. The molecule has 0 saturated heterocycles. The van der Waals surface area contributed by atoms with Crippen LogP contribution in [-0.2, 0) is 19.1 Å². The Hall–Kier alpha value is -1.97. The summed E-state index contributed by atoms with van der Waals surface area (Å²) in [5.41, 5.74) is 1.93. The number of ketones is 2. The van der Waals surface area contributed by atoms with E-state index in [4.69, 9.17) is 4.74 Å². The number of carbonyl (C=O) groups excluding carboxylic acids is 3. The van der Waals surface area contributed by atoms with E-state index in [9.17, 15) is 14.4 Å². The van der Waals surface area contributed by atoms with Crippen LogP contribution in [0, 0.1) is 28.1 Å². The van der Waals surface area contributed by atoms with Crippen molar-refractivity contribution >= 4 is 17.5 Å². The molecule has 0 radical (unpaired) electrons. The van der Waals surface area contributed by atoms with Gasteiger partial charge in [0.25, 0.3) is 0 Å². The Morgan fingerprint density at radius 2 is 1.96 bits per heavy atom. The van der Waals surface area contributed by atoms with Gasteiger partial charge in [0.1, 0.15) is 0 Å². The third-order valence-corrected chi connectivity index (χ3v) is 8.58. The SMILES string of the molecule is CC(=O)OCC(=O)[C@@]1(C)CCC2C3CCC4=CC(=O)C=C[C@]4(C)C3=CC[C@@]21C. The van der Waals surface area contributed by atoms with Crippen LogP contribution in [0.4, 0.5) is 0 Å². The van der Waals surface area contributed by atoms with Gasteiger partial charge < -0.3 is 4.74 Å². The Morgan fingerprint density at radius 1 is 1.21 bits per heavy atom. The number of Topliss-reactive ketones (excluding diaryl/α,β-unsaturated/α-hetero) is 1. The molecule has 4 aliphatic carbocycles. The third kappa shape index (κ3) is 2.53. The number of esters is 1. The number of fused-ring (bicyclic) bond motifs is 5. The number of ether oxygens (including phenoxy) is 1. The maximum Gasteiger partial charge on any atom is 0.303 e. The first-order valence-electron chi connectivity index (χ1n) is 10.4. The van der Waals surface area contributed by atoms with E-state index >= 15 is 0 Å². The van der Waals surface area contributed by atoms with Gasteiger partial charge in [-0.15, -0.1) is 0 Å². The van der Waals surface area contributed by atoms with Crippen molar-refractivity contribution in [2.45, 2.75) is 59.8 Å². The van der Waals surface area contributed by atoms with Crippen LogP contribution in [0.25, 0.3) is 0 Å². The number of rotatable bonds is 3. The van der Waals surface area contributed by atoms with Crippen LogP contribution in [0.3, 0.4) is 0 Å². The Kier molecular flexibility index (Phi) is 4.33. The molecule has 4 nitrogen and oxygen atoms in total. The van der Waals surface area contributed by atoms with E-state index in [0.717, 1.165) is 32.1 Å². The summed E-state index contributed by atoms with van der Waals surface area (Å²) in [7, 11) is 0. The second-order valence-corrected chi connectivity index (χ2v) is 9.71. The first kappa shape index (κ1) is 19.4. The molecule has 0 bridgehead atoms. The largest absolute Gasteiger partial charge is 0.458 e. The van der Waals surface area contributed by atoms with E-state index in [2.05, 4.69) is 32.9 Å². The first-order chi connectivity index (χ1) is 13.1. The standard InChI is InChI=1S/C24H30O4/c1-15(25)28-14-21(27)24(4)12-9-20-18-6-5-16-13-17(26)7-10-22(16,2)19(18)8-11-23(20,24)3/h7-8,10,13,18,20H,5-6,9,11-12,14H2,1-4H3/t18?,20?,22-,23-,24+/m0/s1. The van der Waals surface area contributed by atoms with Crippen molar-refractivity contribution in [2.24, 2.45) is 28.1 Å². The average molecular weight is 383 g/mol. The summed E-state index contributed by atoms with van der Waals surface area (Å²) >= 11 is 0. The minimum Gasteiger partial charge on any atom is -0.458 e. The first-order valence-corrected chi connectivity index (χ1v) is 10.4. The molecule has 0 aromatic heterocycles. The monoisotopic (exact) mass is 382 g/mol. The molecule has 0 aromatic rings. The van der Waals surface area contributed by atoms with Crippen LogP contribution in [0.5, 0.6) is 0 Å². The van der Waals surface area contributed by atoms with E-state index in [-0.39, 0.29) is 29.0 Å². The Bertz CT molecular complexity index is 847. The smallest absolute Gasteiger partial charge is 0.303 e. The molecule has 0 aliphatic heterocycles. The predicted molar refractivity (Wildman–Crippen MR) is 106 cm³/mol. The van der Waals surface area contributed by atoms with Gasteiger partial charge in [0.05, 0.1) is 0 Å². The molecule has 0 aromatic carbocycles. The molecular weight excluding hydrogens is 352 g/mol. The number of allylic oxidation sites excluding steroid dienone is 6. The maximum absolute atomic E-state index is 13.1. The second kappa shape index (κ2) is 6.27. The molecule has 0 heterocycles. The summed E-state index contributed by atoms with van der Waals surface area (Å²) in [5.74, 6) is 0.637. The fourth-order valence-electron chi connectivity index (χ4n) is 6.56. The minimum atomic E-state index is -0.468. The molecule has 5 atom stereocenters. The molecule has 0 amide bonds. The van der Waals surface area contributed by atoms with Crippen LogP contribution in [-0.4, -0.2) is 24.1 Å². The third-order valence-electron chi connectivity index (χ3n) is 8.58. The van der Waals surface area contributed by atoms with Crippen LogP contribution in [0.15, 0.2) is 35.5 Å². The Labute approximate surface area is 167 Å². The Morgan fingerprint density at radius 3 is 2.68 bits per heavy atom. The summed E-state index contributed by atoms with van der Waals surface area (Å²) in [6.07, 6.45) is 12.7. The molecule has 150 valence electrons. The van der Waals surface area contributed by atoms with Crippen LogP contribution < -0.4 is 0 Å². The zero-order valence-corrected chi connectivity index (χ0v) is 17.3.